The van der Waals surface area contributed by atoms with Crippen LogP contribution in [0.25, 0.3) is 0 Å². The molecule has 0 radical (unpaired) electrons. The lowest BCUT2D eigenvalue weighted by atomic mass is 9.99. The minimum atomic E-state index is -1.59. The molecule has 1 aliphatic heterocycles. The van der Waals surface area contributed by atoms with Crippen LogP contribution in [0, 0.1) is 0 Å². The highest BCUT2D eigenvalue weighted by Gasteiger charge is 2.44. The summed E-state index contributed by atoms with van der Waals surface area (Å²) in [7, 11) is 0. The van der Waals surface area contributed by atoms with Gasteiger partial charge in [-0.1, -0.05) is 245 Å². The number of rotatable bonds is 47. The number of carbonyl (C=O) groups excluding carboxylic acids is 2. The van der Waals surface area contributed by atoms with Gasteiger partial charge in [0.15, 0.2) is 12.4 Å². The summed E-state index contributed by atoms with van der Waals surface area (Å²) in [6.07, 6.45) is 41.1. The third-order valence-electron chi connectivity index (χ3n) is 13.0. The van der Waals surface area contributed by atoms with E-state index in [-0.39, 0.29) is 32.0 Å². The van der Waals surface area contributed by atoms with E-state index in [1.54, 1.807) is 0 Å². The fraction of sp³-hybridized carbons (Fsp3) is 0.962. The molecule has 1 heterocycles. The molecule has 1 unspecified atom stereocenters. The Morgan fingerprint density at radius 1 is 0.429 bits per heavy atom. The van der Waals surface area contributed by atoms with Crippen molar-refractivity contribution >= 4 is 11.9 Å². The Balaban J connectivity index is 2.22. The van der Waals surface area contributed by atoms with E-state index in [0.29, 0.717) is 6.42 Å². The summed E-state index contributed by atoms with van der Waals surface area (Å²) >= 11 is 0. The molecule has 1 saturated heterocycles. The average molecular weight is 899 g/mol. The van der Waals surface area contributed by atoms with Crippen LogP contribution in [0.2, 0.25) is 0 Å². The van der Waals surface area contributed by atoms with Crippen molar-refractivity contribution in [3.63, 3.8) is 0 Å². The summed E-state index contributed by atoms with van der Waals surface area (Å²) in [6.45, 7) is 3.49. The van der Waals surface area contributed by atoms with Crippen molar-refractivity contribution in [1.29, 1.82) is 0 Å². The molecule has 1 aliphatic rings. The quantitative estimate of drug-likeness (QED) is 0.0343. The lowest BCUT2D eigenvalue weighted by Crippen LogP contribution is -2.59. The van der Waals surface area contributed by atoms with Gasteiger partial charge in [-0.3, -0.25) is 9.59 Å². The fourth-order valence-corrected chi connectivity index (χ4v) is 8.72. The average Bonchev–Trinajstić information content (AvgIpc) is 3.28. The first-order chi connectivity index (χ1) is 30.8. The minimum absolute atomic E-state index is 0.208. The molecule has 0 aromatic carbocycles. The zero-order valence-electron chi connectivity index (χ0n) is 41.1. The molecule has 10 nitrogen and oxygen atoms in total. The van der Waals surface area contributed by atoms with Gasteiger partial charge in [0, 0.05) is 12.8 Å². The molecular formula is C53H102O10. The van der Waals surface area contributed by atoms with Crippen molar-refractivity contribution in [3.05, 3.63) is 0 Å². The summed E-state index contributed by atoms with van der Waals surface area (Å²) in [5.74, 6) is -0.783. The molecule has 1 rings (SSSR count). The highest BCUT2D eigenvalue weighted by Crippen LogP contribution is 2.23. The standard InChI is InChI=1S/C53H102O10/c1-3-5-7-9-11-13-15-17-19-21-23-25-27-29-31-33-35-37-39-41-48(55)60-44-46(45-61-53-52(59)51(58)50(57)47(43-54)63-53)62-49(56)42-40-38-36-34-32-30-28-26-24-22-20-18-16-14-12-10-8-6-4-2/h46-47,50-54,57-59H,3-45H2,1-2H3/t46?,47-,50-,51+,52-,53-/m1/s1. The smallest absolute Gasteiger partial charge is 0.306 e. The van der Waals surface area contributed by atoms with Crippen LogP contribution in [0.3, 0.4) is 0 Å². The van der Waals surface area contributed by atoms with E-state index in [1.807, 2.05) is 0 Å². The first-order valence-corrected chi connectivity index (χ1v) is 27.1. The molecule has 0 aromatic rings. The first kappa shape index (κ1) is 59.7. The third kappa shape index (κ3) is 35.6. The number of ether oxygens (including phenoxy) is 4. The molecule has 0 saturated carbocycles. The SMILES string of the molecule is CCCCCCCCCCCCCCCCCCCCCC(=O)OCC(CO[C@@H]1O[C@H](CO)[C@@H](O)[C@H](O)[C@H]1O)OC(=O)CCCCCCCCCCCCCCCCCCCCC. The van der Waals surface area contributed by atoms with Gasteiger partial charge in [0.1, 0.15) is 31.0 Å². The van der Waals surface area contributed by atoms with Gasteiger partial charge in [0.05, 0.1) is 13.2 Å². The fourth-order valence-electron chi connectivity index (χ4n) is 8.72. The van der Waals surface area contributed by atoms with Gasteiger partial charge in [0.2, 0.25) is 0 Å². The predicted molar refractivity (Wildman–Crippen MR) is 257 cm³/mol. The Hall–Kier alpha value is -1.30. The van der Waals surface area contributed by atoms with E-state index < -0.39 is 49.4 Å². The van der Waals surface area contributed by atoms with Crippen molar-refractivity contribution < 1.29 is 49.0 Å². The van der Waals surface area contributed by atoms with Crippen molar-refractivity contribution in [2.45, 2.75) is 307 Å². The Morgan fingerprint density at radius 2 is 0.746 bits per heavy atom. The number of hydrogen-bond donors (Lipinski definition) is 4. The maximum atomic E-state index is 12.8. The molecule has 4 N–H and O–H groups in total. The van der Waals surface area contributed by atoms with Gasteiger partial charge in [-0.2, -0.15) is 0 Å². The normalized spacial score (nSPS) is 19.4. The largest absolute Gasteiger partial charge is 0.462 e. The number of aliphatic hydroxyl groups is 4. The van der Waals surface area contributed by atoms with E-state index in [4.69, 9.17) is 18.9 Å². The highest BCUT2D eigenvalue weighted by molar-refractivity contribution is 5.70. The van der Waals surface area contributed by atoms with Crippen LogP contribution in [0.5, 0.6) is 0 Å². The zero-order chi connectivity index (χ0) is 45.9. The monoisotopic (exact) mass is 899 g/mol. The van der Waals surface area contributed by atoms with E-state index in [9.17, 15) is 30.0 Å². The topological polar surface area (TPSA) is 152 Å². The molecule has 0 aliphatic carbocycles. The van der Waals surface area contributed by atoms with E-state index in [2.05, 4.69) is 13.8 Å². The van der Waals surface area contributed by atoms with Crippen LogP contribution in [-0.2, 0) is 28.5 Å². The molecule has 374 valence electrons. The first-order valence-electron chi connectivity index (χ1n) is 27.1. The second-order valence-corrected chi connectivity index (χ2v) is 19.1. The second kappa shape index (κ2) is 44.5. The van der Waals surface area contributed by atoms with Gasteiger partial charge in [-0.15, -0.1) is 0 Å². The van der Waals surface area contributed by atoms with Gasteiger partial charge >= 0.3 is 11.9 Å². The number of carbonyl (C=O) groups is 2. The lowest BCUT2D eigenvalue weighted by molar-refractivity contribution is -0.305. The minimum Gasteiger partial charge on any atom is -0.462 e. The maximum Gasteiger partial charge on any atom is 0.306 e. The molecule has 6 atom stereocenters. The van der Waals surface area contributed by atoms with Crippen molar-refractivity contribution in [3.8, 4) is 0 Å². The van der Waals surface area contributed by atoms with Crippen molar-refractivity contribution in [2.75, 3.05) is 19.8 Å². The van der Waals surface area contributed by atoms with Crippen molar-refractivity contribution in [2.24, 2.45) is 0 Å². The molecule has 1 fully saturated rings. The van der Waals surface area contributed by atoms with Gasteiger partial charge in [0.25, 0.3) is 0 Å². The van der Waals surface area contributed by atoms with Crippen LogP contribution < -0.4 is 0 Å². The second-order valence-electron chi connectivity index (χ2n) is 19.1. The molecule has 63 heavy (non-hydrogen) atoms. The van der Waals surface area contributed by atoms with Crippen molar-refractivity contribution in [1.82, 2.24) is 0 Å². The summed E-state index contributed by atoms with van der Waals surface area (Å²) < 4.78 is 22.3. The molecule has 0 spiro atoms. The molecular weight excluding hydrogens is 797 g/mol. The summed E-state index contributed by atoms with van der Waals surface area (Å²) in [4.78, 5) is 25.5. The lowest BCUT2D eigenvalue weighted by Gasteiger charge is -2.39. The van der Waals surface area contributed by atoms with Gasteiger partial charge < -0.3 is 39.4 Å². The Bertz CT molecular complexity index is 995. The Kier molecular flexibility index (Phi) is 42.2. The van der Waals surface area contributed by atoms with E-state index in [1.165, 1.54) is 205 Å². The number of esters is 2. The van der Waals surface area contributed by atoms with Crippen LogP contribution >= 0.6 is 0 Å². The third-order valence-corrected chi connectivity index (χ3v) is 13.0. The summed E-state index contributed by atoms with van der Waals surface area (Å²) in [5, 5.41) is 40.2. The molecule has 10 heteroatoms. The van der Waals surface area contributed by atoms with Crippen LogP contribution in [0.15, 0.2) is 0 Å². The zero-order valence-corrected chi connectivity index (χ0v) is 41.1. The van der Waals surface area contributed by atoms with Gasteiger partial charge in [-0.25, -0.2) is 0 Å². The summed E-state index contributed by atoms with van der Waals surface area (Å²) in [5.41, 5.74) is 0. The summed E-state index contributed by atoms with van der Waals surface area (Å²) in [6, 6.07) is 0. The van der Waals surface area contributed by atoms with Crippen LogP contribution in [0.4, 0.5) is 0 Å². The van der Waals surface area contributed by atoms with Gasteiger partial charge in [-0.05, 0) is 12.8 Å². The molecule has 0 amide bonds. The molecule has 0 bridgehead atoms. The predicted octanol–water partition coefficient (Wildman–Crippen LogP) is 12.9. The number of aliphatic hydroxyl groups excluding tert-OH is 4. The van der Waals surface area contributed by atoms with E-state index >= 15 is 0 Å². The Morgan fingerprint density at radius 3 is 1.08 bits per heavy atom. The molecule has 0 aromatic heterocycles. The number of hydrogen-bond acceptors (Lipinski definition) is 10. The van der Waals surface area contributed by atoms with E-state index in [0.717, 1.165) is 32.1 Å². The van der Waals surface area contributed by atoms with Crippen LogP contribution in [-0.4, -0.2) is 89.0 Å². The van der Waals surface area contributed by atoms with Crippen LogP contribution in [0.1, 0.15) is 271 Å². The Labute approximate surface area is 387 Å². The highest BCUT2D eigenvalue weighted by atomic mass is 16.7. The number of unbranched alkanes of at least 4 members (excludes halogenated alkanes) is 36. The maximum absolute atomic E-state index is 12.8.